The largest absolute Gasteiger partial charge is 0.343 e. The molecule has 2 heterocycles. The fourth-order valence-corrected chi connectivity index (χ4v) is 2.93. The molecule has 1 amide bonds. The summed E-state index contributed by atoms with van der Waals surface area (Å²) in [5.74, 6) is -1.09. The topological polar surface area (TPSA) is 51.0 Å². The van der Waals surface area contributed by atoms with Crippen molar-refractivity contribution in [3.05, 3.63) is 23.2 Å². The van der Waals surface area contributed by atoms with E-state index in [0.29, 0.717) is 11.0 Å². The Morgan fingerprint density at radius 3 is 2.95 bits per heavy atom. The van der Waals surface area contributed by atoms with Gasteiger partial charge in [-0.1, -0.05) is 12.8 Å². The highest BCUT2D eigenvalue weighted by Crippen LogP contribution is 2.34. The first kappa shape index (κ1) is 7.98. The van der Waals surface area contributed by atoms with E-state index >= 15 is 0 Å². The Bertz CT molecular complexity index is 826. The summed E-state index contributed by atoms with van der Waals surface area (Å²) in [4.78, 5) is 21.0. The molecule has 0 atom stereocenters. The van der Waals surface area contributed by atoms with Crippen LogP contribution < -0.4 is 0 Å². The van der Waals surface area contributed by atoms with E-state index in [0.717, 1.165) is 25.7 Å². The molecule has 6 heteroatoms. The maximum absolute atomic E-state index is 13.0. The molecule has 106 valence electrons. The standard InChI is InChI=1S/C14H17ClN4O/c1-18(2)13(20)11-7-9-8-16-14(15)17-12(9)19(11)10-5-3-4-6-10/h7-8,10H,3-6H2,1-2H3/i1D3,2D3. The number of rotatable bonds is 2. The maximum Gasteiger partial charge on any atom is 0.270 e. The van der Waals surface area contributed by atoms with Crippen molar-refractivity contribution in [3.8, 4) is 0 Å². The molecule has 3 rings (SSSR count). The highest BCUT2D eigenvalue weighted by molar-refractivity contribution is 6.28. The molecule has 2 aromatic rings. The lowest BCUT2D eigenvalue weighted by Crippen LogP contribution is -2.25. The fraction of sp³-hybridized carbons (Fsp3) is 0.500. The molecule has 0 unspecified atom stereocenters. The number of carbonyl (C=O) groups is 1. The molecule has 2 aromatic heterocycles. The summed E-state index contributed by atoms with van der Waals surface area (Å²) < 4.78 is 46.6. The molecular weight excluding hydrogens is 276 g/mol. The van der Waals surface area contributed by atoms with Crippen LogP contribution >= 0.6 is 11.6 Å². The zero-order valence-corrected chi connectivity index (χ0v) is 11.4. The average Bonchev–Trinajstić information content (AvgIpc) is 3.09. The van der Waals surface area contributed by atoms with Crippen molar-refractivity contribution in [2.45, 2.75) is 31.7 Å². The zero-order valence-electron chi connectivity index (χ0n) is 16.6. The Morgan fingerprint density at radius 2 is 2.25 bits per heavy atom. The molecule has 0 spiro atoms. The third-order valence-corrected chi connectivity index (χ3v) is 3.84. The third-order valence-electron chi connectivity index (χ3n) is 3.66. The number of aromatic nitrogens is 3. The number of hydrogen-bond donors (Lipinski definition) is 0. The van der Waals surface area contributed by atoms with Crippen LogP contribution in [0.3, 0.4) is 0 Å². The van der Waals surface area contributed by atoms with Crippen molar-refractivity contribution < 1.29 is 13.0 Å². The smallest absolute Gasteiger partial charge is 0.270 e. The van der Waals surface area contributed by atoms with Gasteiger partial charge in [0.25, 0.3) is 5.91 Å². The van der Waals surface area contributed by atoms with Gasteiger partial charge in [-0.15, -0.1) is 0 Å². The Morgan fingerprint density at radius 1 is 1.50 bits per heavy atom. The molecular formula is C14H17ClN4O. The van der Waals surface area contributed by atoms with Crippen LogP contribution in [0.15, 0.2) is 12.3 Å². The first-order chi connectivity index (χ1) is 12.0. The monoisotopic (exact) mass is 298 g/mol. The number of carbonyl (C=O) groups excluding carboxylic acids is 1. The lowest BCUT2D eigenvalue weighted by molar-refractivity contribution is 0.0815. The second-order valence-electron chi connectivity index (χ2n) is 4.90. The van der Waals surface area contributed by atoms with Gasteiger partial charge in [0, 0.05) is 39.8 Å². The Kier molecular flexibility index (Phi) is 2.02. The summed E-state index contributed by atoms with van der Waals surface area (Å²) in [6, 6.07) is 1.35. The number of nitrogens with zero attached hydrogens (tertiary/aromatic N) is 4. The number of hydrogen-bond acceptors (Lipinski definition) is 3. The molecule has 0 saturated heterocycles. The van der Waals surface area contributed by atoms with E-state index in [9.17, 15) is 4.79 Å². The Labute approximate surface area is 131 Å². The van der Waals surface area contributed by atoms with Crippen molar-refractivity contribution in [3.63, 3.8) is 0 Å². The molecule has 0 N–H and O–H groups in total. The van der Waals surface area contributed by atoms with Crippen LogP contribution in [0.2, 0.25) is 5.28 Å². The van der Waals surface area contributed by atoms with Crippen molar-refractivity contribution in [1.82, 2.24) is 19.4 Å². The molecule has 1 saturated carbocycles. The number of fused-ring (bicyclic) bond motifs is 1. The molecule has 0 aliphatic heterocycles. The first-order valence-corrected chi connectivity index (χ1v) is 6.76. The number of halogens is 1. The predicted molar refractivity (Wildman–Crippen MR) is 78.1 cm³/mol. The minimum atomic E-state index is -3.11. The predicted octanol–water partition coefficient (Wildman–Crippen LogP) is 2.90. The molecule has 5 nitrogen and oxygen atoms in total. The lowest BCUT2D eigenvalue weighted by atomic mass is 10.2. The van der Waals surface area contributed by atoms with Crippen molar-refractivity contribution in [1.29, 1.82) is 0 Å². The van der Waals surface area contributed by atoms with Gasteiger partial charge in [0.2, 0.25) is 5.28 Å². The molecule has 1 fully saturated rings. The van der Waals surface area contributed by atoms with Gasteiger partial charge in [-0.25, -0.2) is 4.98 Å². The normalized spacial score (nSPS) is 21.6. The van der Waals surface area contributed by atoms with Crippen LogP contribution in [-0.4, -0.2) is 39.3 Å². The van der Waals surface area contributed by atoms with Crippen molar-refractivity contribution in [2.24, 2.45) is 0 Å². The van der Waals surface area contributed by atoms with Crippen molar-refractivity contribution >= 4 is 28.5 Å². The van der Waals surface area contributed by atoms with E-state index in [1.807, 2.05) is 0 Å². The minimum absolute atomic E-state index is 0.00246. The van der Waals surface area contributed by atoms with Gasteiger partial charge in [0.1, 0.15) is 11.3 Å². The first-order valence-electron chi connectivity index (χ1n) is 9.38. The van der Waals surface area contributed by atoms with E-state index in [1.165, 1.54) is 12.3 Å². The van der Waals surface area contributed by atoms with E-state index in [4.69, 9.17) is 19.8 Å². The second-order valence-corrected chi connectivity index (χ2v) is 5.23. The van der Waals surface area contributed by atoms with Crippen LogP contribution in [0.1, 0.15) is 50.4 Å². The molecule has 0 bridgehead atoms. The Hall–Kier alpha value is -1.62. The van der Waals surface area contributed by atoms with Crippen LogP contribution in [0.4, 0.5) is 0 Å². The van der Waals surface area contributed by atoms with Gasteiger partial charge in [-0.05, 0) is 30.5 Å². The minimum Gasteiger partial charge on any atom is -0.343 e. The molecule has 20 heavy (non-hydrogen) atoms. The lowest BCUT2D eigenvalue weighted by Gasteiger charge is -2.18. The molecule has 0 radical (unpaired) electrons. The summed E-state index contributed by atoms with van der Waals surface area (Å²) in [7, 11) is 0. The van der Waals surface area contributed by atoms with Crippen LogP contribution in [0, 0.1) is 0 Å². The quantitative estimate of drug-likeness (QED) is 0.801. The fourth-order valence-electron chi connectivity index (χ4n) is 2.80. The van der Waals surface area contributed by atoms with Gasteiger partial charge < -0.3 is 9.47 Å². The summed E-state index contributed by atoms with van der Waals surface area (Å²) in [5.41, 5.74) is 0.368. The summed E-state index contributed by atoms with van der Waals surface area (Å²) >= 11 is 5.88. The highest BCUT2D eigenvalue weighted by Gasteiger charge is 2.26. The zero-order chi connectivity index (χ0) is 19.3. The van der Waals surface area contributed by atoms with Gasteiger partial charge >= 0.3 is 0 Å². The van der Waals surface area contributed by atoms with Crippen LogP contribution in [0.5, 0.6) is 0 Å². The van der Waals surface area contributed by atoms with Gasteiger partial charge in [0.05, 0.1) is 0 Å². The number of amides is 1. The van der Waals surface area contributed by atoms with E-state index < -0.39 is 19.9 Å². The SMILES string of the molecule is [2H]C([2H])([2H])N(C(=O)c1cc2cnc(Cl)nc2n1C1CCCC1)C([2H])([2H])[2H]. The Balaban J connectivity index is 2.20. The highest BCUT2D eigenvalue weighted by atomic mass is 35.5. The average molecular weight is 299 g/mol. The van der Waals surface area contributed by atoms with E-state index in [2.05, 4.69) is 9.97 Å². The van der Waals surface area contributed by atoms with Crippen LogP contribution in [-0.2, 0) is 0 Å². The maximum atomic E-state index is 13.0. The summed E-state index contributed by atoms with van der Waals surface area (Å²) in [5, 5.41) is 0.498. The van der Waals surface area contributed by atoms with Gasteiger partial charge in [-0.3, -0.25) is 4.79 Å². The third kappa shape index (κ3) is 2.16. The summed E-state index contributed by atoms with van der Waals surface area (Å²) in [6.07, 6.45) is 4.92. The molecule has 1 aliphatic rings. The van der Waals surface area contributed by atoms with Gasteiger partial charge in [0.15, 0.2) is 0 Å². The van der Waals surface area contributed by atoms with E-state index in [-0.39, 0.29) is 21.9 Å². The van der Waals surface area contributed by atoms with Crippen LogP contribution in [0.25, 0.3) is 11.0 Å². The van der Waals surface area contributed by atoms with Crippen molar-refractivity contribution in [2.75, 3.05) is 14.0 Å². The summed E-state index contributed by atoms with van der Waals surface area (Å²) in [6.45, 7) is -6.22. The molecule has 1 aliphatic carbocycles. The van der Waals surface area contributed by atoms with Gasteiger partial charge in [-0.2, -0.15) is 4.98 Å². The second kappa shape index (κ2) is 5.05. The van der Waals surface area contributed by atoms with E-state index in [1.54, 1.807) is 4.57 Å². The molecule has 0 aromatic carbocycles.